The van der Waals surface area contributed by atoms with Gasteiger partial charge in [-0.1, -0.05) is 30.3 Å². The van der Waals surface area contributed by atoms with Gasteiger partial charge in [-0.2, -0.15) is 4.98 Å². The lowest BCUT2D eigenvalue weighted by atomic mass is 9.82. The third-order valence-electron chi connectivity index (χ3n) is 5.47. The first-order valence-corrected chi connectivity index (χ1v) is 9.35. The predicted octanol–water partition coefficient (Wildman–Crippen LogP) is 2.49. The molecule has 2 saturated heterocycles. The maximum Gasteiger partial charge on any atom is 0.360 e. The molecule has 1 atom stereocenters. The number of amides is 1. The number of anilines is 1. The van der Waals surface area contributed by atoms with E-state index >= 15 is 0 Å². The predicted molar refractivity (Wildman–Crippen MR) is 98.6 cm³/mol. The molecule has 2 aromatic rings. The summed E-state index contributed by atoms with van der Waals surface area (Å²) < 4.78 is 10.4. The molecule has 2 aliphatic rings. The van der Waals surface area contributed by atoms with Gasteiger partial charge < -0.3 is 19.4 Å². The van der Waals surface area contributed by atoms with Crippen molar-refractivity contribution in [3.63, 3.8) is 0 Å². The van der Waals surface area contributed by atoms with Crippen LogP contribution in [0.5, 0.6) is 0 Å². The molecule has 7 heteroatoms. The lowest BCUT2D eigenvalue weighted by Gasteiger charge is -2.38. The van der Waals surface area contributed by atoms with Gasteiger partial charge in [-0.3, -0.25) is 4.79 Å². The van der Waals surface area contributed by atoms with Gasteiger partial charge in [0.25, 0.3) is 6.01 Å². The van der Waals surface area contributed by atoms with Gasteiger partial charge in [-0.25, -0.2) is 4.79 Å². The fraction of sp³-hybridized carbons (Fsp3) is 0.450. The van der Waals surface area contributed by atoms with Gasteiger partial charge in [0, 0.05) is 18.6 Å². The van der Waals surface area contributed by atoms with Crippen LogP contribution in [-0.4, -0.2) is 42.1 Å². The van der Waals surface area contributed by atoms with Gasteiger partial charge in [0.2, 0.25) is 5.91 Å². The summed E-state index contributed by atoms with van der Waals surface area (Å²) in [5.41, 5.74) is 1.08. The molecule has 1 amide bonds. The zero-order valence-electron chi connectivity index (χ0n) is 15.3. The van der Waals surface area contributed by atoms with Crippen LogP contribution in [0.3, 0.4) is 0 Å². The Morgan fingerprint density at radius 1 is 1.33 bits per heavy atom. The van der Waals surface area contributed by atoms with Crippen molar-refractivity contribution in [2.24, 2.45) is 0 Å². The molecule has 7 nitrogen and oxygen atoms in total. The Kier molecular flexibility index (Phi) is 4.59. The highest BCUT2D eigenvalue weighted by Crippen LogP contribution is 2.39. The van der Waals surface area contributed by atoms with Gasteiger partial charge in [0.1, 0.15) is 6.26 Å². The molecule has 0 aliphatic carbocycles. The number of esters is 1. The average Bonchev–Trinajstić information content (AvgIpc) is 3.29. The fourth-order valence-corrected chi connectivity index (χ4v) is 4.00. The zero-order valence-corrected chi connectivity index (χ0v) is 15.3. The van der Waals surface area contributed by atoms with Crippen LogP contribution in [0.2, 0.25) is 0 Å². The van der Waals surface area contributed by atoms with E-state index in [0.717, 1.165) is 24.8 Å². The van der Waals surface area contributed by atoms with Crippen molar-refractivity contribution >= 4 is 17.9 Å². The Balaban J connectivity index is 1.41. The van der Waals surface area contributed by atoms with Crippen molar-refractivity contribution in [1.82, 2.24) is 10.3 Å². The fourth-order valence-electron chi connectivity index (χ4n) is 4.00. The summed E-state index contributed by atoms with van der Waals surface area (Å²) in [6.45, 7) is 3.48. The van der Waals surface area contributed by atoms with Crippen molar-refractivity contribution in [1.29, 1.82) is 0 Å². The van der Waals surface area contributed by atoms with E-state index in [9.17, 15) is 9.59 Å². The third-order valence-corrected chi connectivity index (χ3v) is 5.47. The smallest absolute Gasteiger partial charge is 0.360 e. The van der Waals surface area contributed by atoms with Crippen LogP contribution in [0.15, 0.2) is 41.0 Å². The Hall–Kier alpha value is -2.83. The summed E-state index contributed by atoms with van der Waals surface area (Å²) in [5.74, 6) is -0.458. The molecule has 1 aromatic carbocycles. The summed E-state index contributed by atoms with van der Waals surface area (Å²) in [6.07, 6.45) is 3.78. The molecule has 0 radical (unpaired) electrons. The number of rotatable bonds is 4. The molecular weight excluding hydrogens is 346 g/mol. The van der Waals surface area contributed by atoms with Crippen LogP contribution in [0.25, 0.3) is 0 Å². The number of nitrogens with zero attached hydrogens (tertiary/aromatic N) is 2. The third kappa shape index (κ3) is 3.41. The molecule has 1 spiro atoms. The van der Waals surface area contributed by atoms with Gasteiger partial charge >= 0.3 is 5.97 Å². The molecule has 142 valence electrons. The molecule has 2 fully saturated rings. The molecule has 3 heterocycles. The van der Waals surface area contributed by atoms with Gasteiger partial charge in [0.15, 0.2) is 5.69 Å². The molecule has 0 bridgehead atoms. The van der Waals surface area contributed by atoms with Crippen molar-refractivity contribution < 1.29 is 18.7 Å². The zero-order chi connectivity index (χ0) is 18.9. The summed E-state index contributed by atoms with van der Waals surface area (Å²) in [7, 11) is 0. The SMILES string of the molecule is CCOC(=O)c1coc(N2CCC3(CC2)C[C@H](c2ccccc2)C(=O)N3)n1. The van der Waals surface area contributed by atoms with E-state index in [2.05, 4.69) is 10.3 Å². The maximum atomic E-state index is 12.5. The van der Waals surface area contributed by atoms with Crippen LogP contribution in [0.1, 0.15) is 48.2 Å². The standard InChI is InChI=1S/C20H23N3O4/c1-2-26-18(25)16-13-27-19(21-16)23-10-8-20(9-11-23)12-15(17(24)22-20)14-6-4-3-5-7-14/h3-7,13,15H,2,8-12H2,1H3,(H,22,24)/t15-/m1/s1. The van der Waals surface area contributed by atoms with E-state index in [1.165, 1.54) is 6.26 Å². The largest absolute Gasteiger partial charge is 0.461 e. The molecule has 4 rings (SSSR count). The van der Waals surface area contributed by atoms with Crippen LogP contribution in [-0.2, 0) is 9.53 Å². The van der Waals surface area contributed by atoms with E-state index in [-0.39, 0.29) is 23.1 Å². The van der Waals surface area contributed by atoms with Gasteiger partial charge in [-0.15, -0.1) is 0 Å². The molecule has 1 aromatic heterocycles. The highest BCUT2D eigenvalue weighted by atomic mass is 16.5. The molecule has 1 N–H and O–H groups in total. The Bertz CT molecular complexity index is 825. The van der Waals surface area contributed by atoms with E-state index in [1.54, 1.807) is 6.92 Å². The first-order chi connectivity index (χ1) is 13.1. The van der Waals surface area contributed by atoms with Crippen molar-refractivity contribution in [3.8, 4) is 0 Å². The number of oxazole rings is 1. The second kappa shape index (κ2) is 7.06. The molecule has 27 heavy (non-hydrogen) atoms. The number of hydrogen-bond donors (Lipinski definition) is 1. The van der Waals surface area contributed by atoms with Gasteiger partial charge in [-0.05, 0) is 31.7 Å². The van der Waals surface area contributed by atoms with E-state index in [4.69, 9.17) is 9.15 Å². The minimum Gasteiger partial charge on any atom is -0.461 e. The molecule has 2 aliphatic heterocycles. The van der Waals surface area contributed by atoms with Crippen molar-refractivity contribution in [2.75, 3.05) is 24.6 Å². The van der Waals surface area contributed by atoms with Crippen molar-refractivity contribution in [3.05, 3.63) is 47.9 Å². The second-order valence-electron chi connectivity index (χ2n) is 7.16. The number of piperidine rings is 1. The van der Waals surface area contributed by atoms with Crippen LogP contribution in [0, 0.1) is 0 Å². The number of ether oxygens (including phenoxy) is 1. The average molecular weight is 369 g/mol. The first-order valence-electron chi connectivity index (χ1n) is 9.35. The Morgan fingerprint density at radius 2 is 2.07 bits per heavy atom. The Morgan fingerprint density at radius 3 is 2.78 bits per heavy atom. The topological polar surface area (TPSA) is 84.7 Å². The number of nitrogens with one attached hydrogen (secondary N) is 1. The molecule has 0 unspecified atom stereocenters. The number of hydrogen-bond acceptors (Lipinski definition) is 6. The van der Waals surface area contributed by atoms with Crippen LogP contribution in [0.4, 0.5) is 6.01 Å². The quantitative estimate of drug-likeness (QED) is 0.834. The van der Waals surface area contributed by atoms with E-state index in [1.807, 2.05) is 35.2 Å². The number of benzene rings is 1. The molecular formula is C20H23N3O4. The van der Waals surface area contributed by atoms with Crippen LogP contribution < -0.4 is 10.2 Å². The van der Waals surface area contributed by atoms with Crippen LogP contribution >= 0.6 is 0 Å². The van der Waals surface area contributed by atoms with Crippen molar-refractivity contribution in [2.45, 2.75) is 37.6 Å². The number of carbonyl (C=O) groups is 2. The second-order valence-corrected chi connectivity index (χ2v) is 7.16. The maximum absolute atomic E-state index is 12.5. The lowest BCUT2D eigenvalue weighted by Crippen LogP contribution is -2.51. The summed E-state index contributed by atoms with van der Waals surface area (Å²) in [6, 6.07) is 10.4. The highest BCUT2D eigenvalue weighted by Gasteiger charge is 2.46. The summed E-state index contributed by atoms with van der Waals surface area (Å²) >= 11 is 0. The minimum absolute atomic E-state index is 0.0881. The van der Waals surface area contributed by atoms with E-state index < -0.39 is 5.97 Å². The van der Waals surface area contributed by atoms with Gasteiger partial charge in [0.05, 0.1) is 12.5 Å². The lowest BCUT2D eigenvalue weighted by molar-refractivity contribution is -0.121. The monoisotopic (exact) mass is 369 g/mol. The highest BCUT2D eigenvalue weighted by molar-refractivity contribution is 5.87. The number of carbonyl (C=O) groups excluding carboxylic acids is 2. The number of aromatic nitrogens is 1. The summed E-state index contributed by atoms with van der Waals surface area (Å²) in [4.78, 5) is 30.5. The summed E-state index contributed by atoms with van der Waals surface area (Å²) in [5, 5.41) is 3.24. The molecule has 0 saturated carbocycles. The normalized spacial score (nSPS) is 21.3. The first kappa shape index (κ1) is 17.6. The minimum atomic E-state index is -0.477. The van der Waals surface area contributed by atoms with E-state index in [0.29, 0.717) is 25.7 Å². The Labute approximate surface area is 157 Å².